The standard InChI is InChI=1S/C82H124N24O29S/c1-41(93-68(121)42(2)94-74(127)54(32-44-14-6-5-7-15-44)104-73(126)51(26-31-136-4)101-77(130)55(35-59(86)108)103-69(122)47(85)34-64(114)115)67(120)90-38-61(110)97-53(33-45-20-22-46(107)23-21-45)76(129)102-52(17-9-11-28-84)80(133)106-30-13-19-58(106)79(132)105-57(37-66(118)119)78(131)100-50(24-25-63(112)113)71(124)92-39-60(109)96-49(16-8-10-27-83)72(125)99-48(18-12-29-89-82(87)88)70(123)91-40-62(111)98-56(36-65(116)117)75(128)95-43(3)81(134)135/h5-7,14-15,20-23,41-43,47-58,107H,8-13,16-19,24-40,83-85H2,1-4H3,(H2,86,108)(H,90,120)(H,91,123)(H,92,124)(H,93,121)(H,94,127)(H,95,128)(H,96,109)(H,97,110)(H,98,111)(H,99,125)(H,100,131)(H,101,130)(H,102,129)(H,103,122)(H,104,126)(H,105,132)(H,112,113)(H,114,115)(H,116,117)(H,118,119)(H,134,135)(H4,87,88,89)/t41-,42-,43-,47-,48-,49-,50-,51-,52-,53-,54-,55-,56-,57-,58-/m0/s1. The molecule has 3 rings (SSSR count). The SMILES string of the molecule is CSCC[C@H](NC(=O)[C@H](CC(N)=O)NC(=O)[C@@H](N)CC(=O)O)C(=O)N[C@@H](Cc1ccccc1)C(=O)N[C@@H](C)C(=O)N[C@@H](C)C(=O)NCC(=O)N[C@@H](Cc1ccc(O)cc1)C(=O)N[C@@H](CCCCN)C(=O)N1CCC[C@H]1C(=O)N[C@@H](CC(=O)O)C(=O)N[C@@H](CCC(=O)O)C(=O)NCC(=O)N[C@@H](CCCCN)C(=O)N[C@@H](CCCNC(=N)N)C(=O)NCC(=O)N[C@@H](CC(=O)O)C(=O)N[C@@H](C)C(=O)O. The van der Waals surface area contributed by atoms with E-state index < -0.39 is 291 Å². The van der Waals surface area contributed by atoms with Crippen LogP contribution >= 0.6 is 11.8 Å². The molecule has 0 aliphatic carbocycles. The normalized spacial score (nSPS) is 15.1. The van der Waals surface area contributed by atoms with E-state index in [1.807, 2.05) is 5.32 Å². The van der Waals surface area contributed by atoms with Gasteiger partial charge in [0.25, 0.3) is 0 Å². The molecule has 752 valence electrons. The number of carbonyl (C=O) groups is 23. The highest BCUT2D eigenvalue weighted by Gasteiger charge is 2.42. The molecule has 0 spiro atoms. The number of guanidine groups is 1. The van der Waals surface area contributed by atoms with E-state index in [-0.39, 0.29) is 121 Å². The highest BCUT2D eigenvalue weighted by molar-refractivity contribution is 7.98. The first-order valence-corrected chi connectivity index (χ1v) is 44.5. The van der Waals surface area contributed by atoms with E-state index >= 15 is 0 Å². The molecule has 2 aromatic carbocycles. The largest absolute Gasteiger partial charge is 0.508 e. The number of amides is 18. The Morgan fingerprint density at radius 1 is 0.412 bits per heavy atom. The van der Waals surface area contributed by atoms with Gasteiger partial charge in [-0.05, 0) is 146 Å². The van der Waals surface area contributed by atoms with E-state index in [2.05, 4.69) is 85.1 Å². The molecule has 1 aliphatic heterocycles. The lowest BCUT2D eigenvalue weighted by Gasteiger charge is -2.31. The Bertz CT molecular complexity index is 4540. The van der Waals surface area contributed by atoms with Crippen LogP contribution in [0.5, 0.6) is 5.75 Å². The number of carbonyl (C=O) groups excluding carboxylic acids is 18. The third-order valence-corrected chi connectivity index (χ3v) is 21.0. The van der Waals surface area contributed by atoms with Crippen molar-refractivity contribution in [1.29, 1.82) is 5.41 Å². The van der Waals surface area contributed by atoms with Crippen LogP contribution in [0.15, 0.2) is 54.6 Å². The predicted molar refractivity (Wildman–Crippen MR) is 479 cm³/mol. The van der Waals surface area contributed by atoms with Gasteiger partial charge in [0.15, 0.2) is 5.96 Å². The number of carboxylic acid groups (broad SMARTS) is 5. The number of rotatable bonds is 64. The summed E-state index contributed by atoms with van der Waals surface area (Å²) in [5, 5.41) is 105. The highest BCUT2D eigenvalue weighted by Crippen LogP contribution is 2.22. The summed E-state index contributed by atoms with van der Waals surface area (Å²) >= 11 is 1.26. The maximum Gasteiger partial charge on any atom is 0.325 e. The minimum Gasteiger partial charge on any atom is -0.508 e. The number of primary amides is 1. The van der Waals surface area contributed by atoms with E-state index in [4.69, 9.17) is 39.2 Å². The van der Waals surface area contributed by atoms with Crippen molar-refractivity contribution in [3.8, 4) is 5.75 Å². The minimum atomic E-state index is -2.08. The van der Waals surface area contributed by atoms with Crippen molar-refractivity contribution in [3.63, 3.8) is 0 Å². The van der Waals surface area contributed by atoms with Gasteiger partial charge in [0.2, 0.25) is 106 Å². The second kappa shape index (κ2) is 60.6. The summed E-state index contributed by atoms with van der Waals surface area (Å²) in [5.74, 6) is -27.4. The lowest BCUT2D eigenvalue weighted by Crippen LogP contribution is -2.60. The zero-order valence-electron chi connectivity index (χ0n) is 75.3. The van der Waals surface area contributed by atoms with Gasteiger partial charge in [0.1, 0.15) is 90.3 Å². The Morgan fingerprint density at radius 2 is 0.809 bits per heavy atom. The third kappa shape index (κ3) is 44.4. The van der Waals surface area contributed by atoms with Crippen molar-refractivity contribution in [1.82, 2.24) is 95.3 Å². The number of likely N-dealkylation sites (tertiary alicyclic amines) is 1. The maximum atomic E-state index is 14.9. The third-order valence-electron chi connectivity index (χ3n) is 20.4. The van der Waals surface area contributed by atoms with Crippen LogP contribution in [-0.4, -0.2) is 326 Å². The molecule has 54 heteroatoms. The van der Waals surface area contributed by atoms with Gasteiger partial charge in [-0.3, -0.25) is 116 Å². The van der Waals surface area contributed by atoms with Crippen LogP contribution in [0.25, 0.3) is 0 Å². The topological polar surface area (TPSA) is 876 Å². The fraction of sp³-hybridized carbons (Fsp3) is 0.561. The van der Waals surface area contributed by atoms with Crippen molar-refractivity contribution in [2.45, 2.75) is 233 Å². The van der Waals surface area contributed by atoms with E-state index in [0.29, 0.717) is 11.1 Å². The molecule has 136 heavy (non-hydrogen) atoms. The zero-order chi connectivity index (χ0) is 102. The molecule has 1 saturated heterocycles. The first-order chi connectivity index (χ1) is 64.2. The van der Waals surface area contributed by atoms with Crippen molar-refractivity contribution >= 4 is 154 Å². The predicted octanol–water partition coefficient (Wildman–Crippen LogP) is -10.3. The molecule has 0 radical (unpaired) electrons. The maximum absolute atomic E-state index is 14.9. The first-order valence-electron chi connectivity index (χ1n) is 43.2. The number of hydrogen-bond acceptors (Lipinski definition) is 29. The Balaban J connectivity index is 1.82. The molecule has 15 atom stereocenters. The molecular formula is C82H124N24O29S. The molecule has 1 heterocycles. The van der Waals surface area contributed by atoms with E-state index in [9.17, 15) is 136 Å². The summed E-state index contributed by atoms with van der Waals surface area (Å²) in [6.45, 7) is 0.718. The van der Waals surface area contributed by atoms with Gasteiger partial charge >= 0.3 is 29.8 Å². The number of unbranched alkanes of at least 4 members (excludes halogenated alkanes) is 2. The Hall–Kier alpha value is -14.4. The number of phenols is 1. The number of nitrogens with one attached hydrogen (secondary N) is 18. The quantitative estimate of drug-likeness (QED) is 0.0166. The van der Waals surface area contributed by atoms with Crippen LogP contribution in [0.2, 0.25) is 0 Å². The Labute approximate surface area is 783 Å². The lowest BCUT2D eigenvalue weighted by molar-refractivity contribution is -0.144. The first kappa shape index (κ1) is 116. The number of thioether (sulfide) groups is 1. The molecule has 0 aromatic heterocycles. The van der Waals surface area contributed by atoms with Crippen LogP contribution in [-0.2, 0) is 123 Å². The van der Waals surface area contributed by atoms with Crippen molar-refractivity contribution < 1.29 is 141 Å². The molecule has 1 fully saturated rings. The number of nitrogens with zero attached hydrogens (tertiary/aromatic N) is 1. The van der Waals surface area contributed by atoms with Crippen molar-refractivity contribution in [2.75, 3.05) is 57.8 Å². The Morgan fingerprint density at radius 3 is 1.32 bits per heavy atom. The van der Waals surface area contributed by atoms with Gasteiger partial charge in [0.05, 0.1) is 51.4 Å². The van der Waals surface area contributed by atoms with Crippen molar-refractivity contribution in [2.24, 2.45) is 28.7 Å². The van der Waals surface area contributed by atoms with Gasteiger partial charge in [-0.1, -0.05) is 42.5 Å². The number of aliphatic carboxylic acids is 5. The molecule has 18 amide bonds. The second-order valence-corrected chi connectivity index (χ2v) is 32.5. The number of phenolic OH excluding ortho intramolecular Hbond substituents is 1. The van der Waals surface area contributed by atoms with Crippen LogP contribution in [0.3, 0.4) is 0 Å². The van der Waals surface area contributed by atoms with E-state index in [1.165, 1.54) is 49.9 Å². The molecule has 34 N–H and O–H groups in total. The van der Waals surface area contributed by atoms with E-state index in [1.54, 1.807) is 36.6 Å². The van der Waals surface area contributed by atoms with Gasteiger partial charge in [-0.15, -0.1) is 0 Å². The second-order valence-electron chi connectivity index (χ2n) is 31.6. The lowest BCUT2D eigenvalue weighted by atomic mass is 10.0. The minimum absolute atomic E-state index is 0.0143. The summed E-state index contributed by atoms with van der Waals surface area (Å²) in [4.78, 5) is 306. The Kier molecular flexibility index (Phi) is 51.6. The fourth-order valence-corrected chi connectivity index (χ4v) is 13.6. The highest BCUT2D eigenvalue weighted by atomic mass is 32.2. The average molecular weight is 1940 g/mol. The molecule has 0 saturated carbocycles. The van der Waals surface area contributed by atoms with Gasteiger partial charge in [0, 0.05) is 32.4 Å². The van der Waals surface area contributed by atoms with Crippen molar-refractivity contribution in [3.05, 3.63) is 65.7 Å². The van der Waals surface area contributed by atoms with Gasteiger partial charge in [-0.2, -0.15) is 11.8 Å². The smallest absolute Gasteiger partial charge is 0.325 e. The number of aromatic hydroxyl groups is 1. The molecule has 1 aliphatic rings. The average Bonchev–Trinajstić information content (AvgIpc) is 1.65. The van der Waals surface area contributed by atoms with E-state index in [0.717, 1.165) is 11.8 Å². The van der Waals surface area contributed by atoms with Crippen LogP contribution < -0.4 is 119 Å². The summed E-state index contributed by atoms with van der Waals surface area (Å²) < 4.78 is 0. The summed E-state index contributed by atoms with van der Waals surface area (Å²) in [5.41, 5.74) is 28.7. The molecule has 0 unspecified atom stereocenters. The van der Waals surface area contributed by atoms with Crippen LogP contribution in [0.4, 0.5) is 0 Å². The van der Waals surface area contributed by atoms with Crippen LogP contribution in [0, 0.1) is 5.41 Å². The number of benzene rings is 2. The summed E-state index contributed by atoms with van der Waals surface area (Å²) in [6.07, 6.45) is -3.99. The molecule has 53 nitrogen and oxygen atoms in total. The van der Waals surface area contributed by atoms with Gasteiger partial charge in [-0.25, -0.2) is 0 Å². The number of nitrogens with two attached hydrogens (primary N) is 5. The zero-order valence-corrected chi connectivity index (χ0v) is 76.1. The molecule has 0 bridgehead atoms. The van der Waals surface area contributed by atoms with Crippen LogP contribution in [0.1, 0.15) is 141 Å². The fourth-order valence-electron chi connectivity index (χ4n) is 13.2. The molecular weight excluding hydrogens is 1820 g/mol. The number of carboxylic acids is 5. The monoisotopic (exact) mass is 1940 g/mol. The number of hydrogen-bond donors (Lipinski definition) is 29. The summed E-state index contributed by atoms with van der Waals surface area (Å²) in [6, 6.07) is -10.6. The molecule has 2 aromatic rings. The van der Waals surface area contributed by atoms with Gasteiger partial charge < -0.3 is 155 Å². The summed E-state index contributed by atoms with van der Waals surface area (Å²) in [7, 11) is 0.